The van der Waals surface area contributed by atoms with Crippen molar-refractivity contribution in [3.8, 4) is 0 Å². The second kappa shape index (κ2) is 5.59. The molecular formula is C16H19N3O. The third kappa shape index (κ3) is 2.80. The fraction of sp³-hybridized carbons (Fsp3) is 0.375. The van der Waals surface area contributed by atoms with Crippen LogP contribution < -0.4 is 5.73 Å². The van der Waals surface area contributed by atoms with Gasteiger partial charge >= 0.3 is 0 Å². The van der Waals surface area contributed by atoms with E-state index in [1.807, 2.05) is 18.5 Å². The van der Waals surface area contributed by atoms with E-state index in [9.17, 15) is 4.79 Å². The first-order valence-corrected chi connectivity index (χ1v) is 7.04. The van der Waals surface area contributed by atoms with Crippen molar-refractivity contribution in [3.05, 3.63) is 42.2 Å². The summed E-state index contributed by atoms with van der Waals surface area (Å²) < 4.78 is 0. The Labute approximate surface area is 118 Å². The fourth-order valence-corrected chi connectivity index (χ4v) is 3.10. The van der Waals surface area contributed by atoms with Gasteiger partial charge in [0, 0.05) is 24.3 Å². The SMILES string of the molecule is NC(=O)CN1CC[C@@H](Cc2cncc3ccccc23)C1. The predicted molar refractivity (Wildman–Crippen MR) is 79.2 cm³/mol. The molecule has 1 saturated heterocycles. The molecule has 0 radical (unpaired) electrons. The zero-order valence-electron chi connectivity index (χ0n) is 11.5. The maximum absolute atomic E-state index is 11.0. The topological polar surface area (TPSA) is 59.2 Å². The minimum absolute atomic E-state index is 0.238. The number of aromatic nitrogens is 1. The first-order chi connectivity index (χ1) is 9.72. The van der Waals surface area contributed by atoms with Crippen molar-refractivity contribution < 1.29 is 4.79 Å². The first-order valence-electron chi connectivity index (χ1n) is 7.04. The lowest BCUT2D eigenvalue weighted by molar-refractivity contribution is -0.118. The fourth-order valence-electron chi connectivity index (χ4n) is 3.10. The molecule has 0 aliphatic carbocycles. The smallest absolute Gasteiger partial charge is 0.231 e. The number of fused-ring (bicyclic) bond motifs is 1. The van der Waals surface area contributed by atoms with E-state index in [1.54, 1.807) is 0 Å². The molecule has 0 bridgehead atoms. The van der Waals surface area contributed by atoms with Gasteiger partial charge in [0.05, 0.1) is 6.54 Å². The van der Waals surface area contributed by atoms with Gasteiger partial charge in [-0.3, -0.25) is 14.7 Å². The molecule has 20 heavy (non-hydrogen) atoms. The van der Waals surface area contributed by atoms with E-state index in [0.29, 0.717) is 12.5 Å². The summed E-state index contributed by atoms with van der Waals surface area (Å²) in [5.41, 5.74) is 6.55. The molecule has 0 spiro atoms. The number of pyridine rings is 1. The summed E-state index contributed by atoms with van der Waals surface area (Å²) >= 11 is 0. The van der Waals surface area contributed by atoms with E-state index in [0.717, 1.165) is 25.9 Å². The summed E-state index contributed by atoms with van der Waals surface area (Å²) in [6.07, 6.45) is 6.02. The Balaban J connectivity index is 1.73. The molecule has 1 aromatic heterocycles. The highest BCUT2D eigenvalue weighted by Crippen LogP contribution is 2.24. The zero-order chi connectivity index (χ0) is 13.9. The molecular weight excluding hydrogens is 250 g/mol. The van der Waals surface area contributed by atoms with Crippen LogP contribution in [0.1, 0.15) is 12.0 Å². The maximum Gasteiger partial charge on any atom is 0.231 e. The van der Waals surface area contributed by atoms with Crippen LogP contribution in [0.15, 0.2) is 36.7 Å². The minimum atomic E-state index is -0.238. The molecule has 1 aliphatic heterocycles. The highest BCUT2D eigenvalue weighted by atomic mass is 16.1. The third-order valence-electron chi connectivity index (χ3n) is 4.01. The van der Waals surface area contributed by atoms with E-state index in [4.69, 9.17) is 5.73 Å². The number of hydrogen-bond donors (Lipinski definition) is 1. The number of rotatable bonds is 4. The Morgan fingerprint density at radius 1 is 1.35 bits per heavy atom. The van der Waals surface area contributed by atoms with Crippen molar-refractivity contribution in [2.24, 2.45) is 11.7 Å². The first kappa shape index (κ1) is 13.1. The highest BCUT2D eigenvalue weighted by molar-refractivity contribution is 5.84. The van der Waals surface area contributed by atoms with Gasteiger partial charge in [-0.15, -0.1) is 0 Å². The quantitative estimate of drug-likeness (QED) is 0.917. The van der Waals surface area contributed by atoms with E-state index in [1.165, 1.54) is 16.3 Å². The van der Waals surface area contributed by atoms with Crippen molar-refractivity contribution in [1.29, 1.82) is 0 Å². The number of likely N-dealkylation sites (tertiary alicyclic amines) is 1. The van der Waals surface area contributed by atoms with Crippen molar-refractivity contribution in [2.45, 2.75) is 12.8 Å². The highest BCUT2D eigenvalue weighted by Gasteiger charge is 2.24. The summed E-state index contributed by atoms with van der Waals surface area (Å²) in [6.45, 7) is 2.29. The third-order valence-corrected chi connectivity index (χ3v) is 4.01. The van der Waals surface area contributed by atoms with Gasteiger partial charge in [-0.2, -0.15) is 0 Å². The van der Waals surface area contributed by atoms with Crippen LogP contribution in [0.2, 0.25) is 0 Å². The summed E-state index contributed by atoms with van der Waals surface area (Å²) in [4.78, 5) is 17.4. The molecule has 2 heterocycles. The molecule has 1 amide bonds. The average molecular weight is 269 g/mol. The van der Waals surface area contributed by atoms with Gasteiger partial charge in [-0.1, -0.05) is 24.3 Å². The number of primary amides is 1. The molecule has 0 saturated carbocycles. The number of carbonyl (C=O) groups excluding carboxylic acids is 1. The van der Waals surface area contributed by atoms with E-state index in [2.05, 4.69) is 28.1 Å². The number of hydrogen-bond acceptors (Lipinski definition) is 3. The Hall–Kier alpha value is -1.94. The molecule has 2 N–H and O–H groups in total. The molecule has 1 aromatic carbocycles. The molecule has 4 heteroatoms. The van der Waals surface area contributed by atoms with Crippen LogP contribution in [0.5, 0.6) is 0 Å². The molecule has 1 aliphatic rings. The van der Waals surface area contributed by atoms with Gasteiger partial charge in [-0.25, -0.2) is 0 Å². The minimum Gasteiger partial charge on any atom is -0.369 e. The molecule has 1 fully saturated rings. The number of nitrogens with two attached hydrogens (primary N) is 1. The van der Waals surface area contributed by atoms with Crippen LogP contribution in [-0.2, 0) is 11.2 Å². The van der Waals surface area contributed by atoms with Crippen molar-refractivity contribution in [3.63, 3.8) is 0 Å². The van der Waals surface area contributed by atoms with Gasteiger partial charge in [-0.05, 0) is 36.3 Å². The van der Waals surface area contributed by atoms with E-state index < -0.39 is 0 Å². The maximum atomic E-state index is 11.0. The molecule has 0 unspecified atom stereocenters. The van der Waals surface area contributed by atoms with Crippen molar-refractivity contribution >= 4 is 16.7 Å². The zero-order valence-corrected chi connectivity index (χ0v) is 11.5. The van der Waals surface area contributed by atoms with Gasteiger partial charge in [0.1, 0.15) is 0 Å². The van der Waals surface area contributed by atoms with Crippen molar-refractivity contribution in [1.82, 2.24) is 9.88 Å². The average Bonchev–Trinajstić information content (AvgIpc) is 2.86. The van der Waals surface area contributed by atoms with Gasteiger partial charge in [0.25, 0.3) is 0 Å². The normalized spacial score (nSPS) is 19.5. The lowest BCUT2D eigenvalue weighted by atomic mass is 9.96. The van der Waals surface area contributed by atoms with E-state index >= 15 is 0 Å². The van der Waals surface area contributed by atoms with Crippen LogP contribution in [0, 0.1) is 5.92 Å². The number of carbonyl (C=O) groups is 1. The van der Waals surface area contributed by atoms with Gasteiger partial charge < -0.3 is 5.73 Å². The Kier molecular flexibility index (Phi) is 3.65. The standard InChI is InChI=1S/C16H19N3O/c17-16(20)11-19-6-5-12(10-19)7-14-9-18-8-13-3-1-2-4-15(13)14/h1-4,8-9,12H,5-7,10-11H2,(H2,17,20)/t12-/m0/s1. The van der Waals surface area contributed by atoms with Crippen LogP contribution >= 0.6 is 0 Å². The van der Waals surface area contributed by atoms with Crippen LogP contribution in [0.25, 0.3) is 10.8 Å². The molecule has 1 atom stereocenters. The van der Waals surface area contributed by atoms with Crippen LogP contribution in [0.4, 0.5) is 0 Å². The molecule has 2 aromatic rings. The second-order valence-corrected chi connectivity index (χ2v) is 5.58. The second-order valence-electron chi connectivity index (χ2n) is 5.58. The number of benzene rings is 1. The summed E-state index contributed by atoms with van der Waals surface area (Å²) in [6, 6.07) is 8.36. The molecule has 104 valence electrons. The van der Waals surface area contributed by atoms with Crippen LogP contribution in [-0.4, -0.2) is 35.4 Å². The van der Waals surface area contributed by atoms with Crippen LogP contribution in [0.3, 0.4) is 0 Å². The monoisotopic (exact) mass is 269 g/mol. The van der Waals surface area contributed by atoms with Gasteiger partial charge in [0.2, 0.25) is 5.91 Å². The Morgan fingerprint density at radius 3 is 3.05 bits per heavy atom. The summed E-state index contributed by atoms with van der Waals surface area (Å²) in [5.74, 6) is 0.347. The number of amides is 1. The predicted octanol–water partition coefficient (Wildman–Crippen LogP) is 1.58. The summed E-state index contributed by atoms with van der Waals surface area (Å²) in [5, 5.41) is 2.48. The van der Waals surface area contributed by atoms with E-state index in [-0.39, 0.29) is 5.91 Å². The molecule has 4 nitrogen and oxygen atoms in total. The van der Waals surface area contributed by atoms with Crippen molar-refractivity contribution in [2.75, 3.05) is 19.6 Å². The number of nitrogens with zero attached hydrogens (tertiary/aromatic N) is 2. The summed E-state index contributed by atoms with van der Waals surface area (Å²) in [7, 11) is 0. The lowest BCUT2D eigenvalue weighted by Crippen LogP contribution is -2.32. The Morgan fingerprint density at radius 2 is 2.20 bits per heavy atom. The lowest BCUT2D eigenvalue weighted by Gasteiger charge is -2.14. The largest absolute Gasteiger partial charge is 0.369 e. The molecule has 3 rings (SSSR count). The van der Waals surface area contributed by atoms with Gasteiger partial charge in [0.15, 0.2) is 0 Å². The Bertz CT molecular complexity index is 621.